The summed E-state index contributed by atoms with van der Waals surface area (Å²) in [5.41, 5.74) is 21.1. The van der Waals surface area contributed by atoms with Crippen LogP contribution in [0.1, 0.15) is 60.9 Å². The number of fused-ring (bicyclic) bond motifs is 7. The van der Waals surface area contributed by atoms with Crippen molar-refractivity contribution in [2.24, 2.45) is 0 Å². The highest BCUT2D eigenvalue weighted by molar-refractivity contribution is 6.23. The summed E-state index contributed by atoms with van der Waals surface area (Å²) in [6, 6.07) is 73.4. The molecule has 10 aromatic rings. The Morgan fingerprint density at radius 2 is 1.04 bits per heavy atom. The zero-order valence-corrected chi connectivity index (χ0v) is 40.1. The Bertz CT molecular complexity index is 3810. The first kappa shape index (κ1) is 41.9. The summed E-state index contributed by atoms with van der Waals surface area (Å²) in [7, 11) is 0. The highest BCUT2D eigenvalue weighted by Crippen LogP contribution is 2.53. The van der Waals surface area contributed by atoms with Crippen LogP contribution in [0, 0.1) is 6.92 Å². The van der Waals surface area contributed by atoms with Gasteiger partial charge in [-0.15, -0.1) is 0 Å². The Morgan fingerprint density at radius 1 is 0.414 bits per heavy atom. The summed E-state index contributed by atoms with van der Waals surface area (Å²) in [6.07, 6.45) is 15.9. The minimum atomic E-state index is -0.151. The van der Waals surface area contributed by atoms with Crippen LogP contribution < -0.4 is 9.80 Å². The van der Waals surface area contributed by atoms with Gasteiger partial charge in [-0.25, -0.2) is 0 Å². The molecule has 70 heavy (non-hydrogen) atoms. The summed E-state index contributed by atoms with van der Waals surface area (Å²) < 4.78 is 0. The van der Waals surface area contributed by atoms with Gasteiger partial charge in [0.25, 0.3) is 0 Å². The van der Waals surface area contributed by atoms with Crippen LogP contribution >= 0.6 is 0 Å². The summed E-state index contributed by atoms with van der Waals surface area (Å²) in [6.45, 7) is 6.97. The molecule has 10 aromatic carbocycles. The van der Waals surface area contributed by atoms with Gasteiger partial charge in [0.15, 0.2) is 0 Å². The van der Waals surface area contributed by atoms with Crippen molar-refractivity contribution < 1.29 is 0 Å². The number of hydrogen-bond donors (Lipinski definition) is 0. The van der Waals surface area contributed by atoms with E-state index in [4.69, 9.17) is 0 Å². The lowest BCUT2D eigenvalue weighted by Gasteiger charge is -2.30. The molecular weight excluding hydrogens is 845 g/mol. The maximum Gasteiger partial charge on any atom is 0.0468 e. The van der Waals surface area contributed by atoms with E-state index in [1.807, 2.05) is 0 Å². The topological polar surface area (TPSA) is 6.48 Å². The Labute approximate surface area is 411 Å². The molecule has 3 aliphatic rings. The van der Waals surface area contributed by atoms with Crippen molar-refractivity contribution in [3.8, 4) is 33.4 Å². The third kappa shape index (κ3) is 7.01. The van der Waals surface area contributed by atoms with Crippen LogP contribution in [0.15, 0.2) is 224 Å². The number of hydrogen-bond acceptors (Lipinski definition) is 2. The zero-order valence-electron chi connectivity index (χ0n) is 40.1. The predicted octanol–water partition coefficient (Wildman–Crippen LogP) is 18.9. The number of nitrogens with zero attached hydrogens (tertiary/aromatic N) is 2. The molecule has 0 atom stereocenters. The summed E-state index contributed by atoms with van der Waals surface area (Å²) >= 11 is 0. The van der Waals surface area contributed by atoms with Crippen LogP contribution in [0.2, 0.25) is 0 Å². The summed E-state index contributed by atoms with van der Waals surface area (Å²) in [5, 5.41) is 7.37. The maximum atomic E-state index is 2.52. The third-order valence-corrected chi connectivity index (χ3v) is 15.3. The molecule has 0 radical (unpaired) electrons. The van der Waals surface area contributed by atoms with Gasteiger partial charge < -0.3 is 9.80 Å². The minimum absolute atomic E-state index is 0.151. The normalized spacial score (nSPS) is 14.4. The van der Waals surface area contributed by atoms with Crippen LogP contribution in [-0.4, -0.2) is 0 Å². The lowest BCUT2D eigenvalue weighted by molar-refractivity contribution is 0.660. The summed E-state index contributed by atoms with van der Waals surface area (Å²) in [4.78, 5) is 4.92. The largest absolute Gasteiger partial charge is 0.311 e. The molecule has 0 saturated carbocycles. The van der Waals surface area contributed by atoms with Gasteiger partial charge in [0.1, 0.15) is 0 Å². The van der Waals surface area contributed by atoms with Crippen molar-refractivity contribution in [1.29, 1.82) is 0 Å². The first-order valence-corrected chi connectivity index (χ1v) is 25.0. The second-order valence-corrected chi connectivity index (χ2v) is 20.0. The Balaban J connectivity index is 1.11. The van der Waals surface area contributed by atoms with Crippen molar-refractivity contribution in [2.45, 2.75) is 51.9 Å². The number of rotatable bonds is 8. The smallest absolute Gasteiger partial charge is 0.0468 e. The van der Waals surface area contributed by atoms with E-state index in [2.05, 4.69) is 255 Å². The van der Waals surface area contributed by atoms with Crippen LogP contribution in [0.3, 0.4) is 0 Å². The fourth-order valence-corrected chi connectivity index (χ4v) is 11.8. The molecule has 336 valence electrons. The van der Waals surface area contributed by atoms with E-state index >= 15 is 0 Å². The first-order valence-electron chi connectivity index (χ1n) is 25.0. The molecule has 0 fully saturated rings. The number of aryl methyl sites for hydroxylation is 2. The van der Waals surface area contributed by atoms with E-state index in [9.17, 15) is 0 Å². The van der Waals surface area contributed by atoms with Crippen LogP contribution in [0.4, 0.5) is 28.4 Å². The van der Waals surface area contributed by atoms with E-state index in [1.54, 1.807) is 0 Å². The highest BCUT2D eigenvalue weighted by atomic mass is 15.1. The van der Waals surface area contributed by atoms with Gasteiger partial charge >= 0.3 is 0 Å². The molecule has 0 amide bonds. The Hall–Kier alpha value is -8.20. The van der Waals surface area contributed by atoms with Crippen LogP contribution in [-0.2, 0) is 11.8 Å². The lowest BCUT2D eigenvalue weighted by atomic mass is 9.80. The van der Waals surface area contributed by atoms with E-state index in [1.165, 1.54) is 105 Å². The van der Waals surface area contributed by atoms with Gasteiger partial charge in [-0.2, -0.15) is 0 Å². The van der Waals surface area contributed by atoms with E-state index in [-0.39, 0.29) is 5.41 Å². The molecule has 0 aromatic heterocycles. The van der Waals surface area contributed by atoms with Crippen molar-refractivity contribution in [1.82, 2.24) is 0 Å². The lowest BCUT2D eigenvalue weighted by Crippen LogP contribution is -2.17. The third-order valence-electron chi connectivity index (χ3n) is 15.3. The van der Waals surface area contributed by atoms with E-state index in [0.717, 1.165) is 48.4 Å². The van der Waals surface area contributed by atoms with Gasteiger partial charge in [-0.3, -0.25) is 0 Å². The molecule has 2 heteroatoms. The SMILES string of the molecule is Cc1ccc(-c2c3ccc(N(C4=CCCC=C4)c4ccc5c(c4)CCC=C5)cc3c(-c3ccc4c(c3)C(C)(C)c3ccccc3-4)c3ccc(N(c4ccccc4)c4ccc5ccccc5c4)cc23)cc1. The highest BCUT2D eigenvalue weighted by Gasteiger charge is 2.36. The van der Waals surface area contributed by atoms with Gasteiger partial charge in [0.2, 0.25) is 0 Å². The Morgan fingerprint density at radius 3 is 1.83 bits per heavy atom. The van der Waals surface area contributed by atoms with Gasteiger partial charge in [-0.05, 0) is 193 Å². The van der Waals surface area contributed by atoms with E-state index < -0.39 is 0 Å². The van der Waals surface area contributed by atoms with Crippen molar-refractivity contribution in [2.75, 3.05) is 9.80 Å². The second-order valence-electron chi connectivity index (χ2n) is 20.0. The molecule has 0 bridgehead atoms. The van der Waals surface area contributed by atoms with Crippen molar-refractivity contribution >= 4 is 66.8 Å². The van der Waals surface area contributed by atoms with Crippen molar-refractivity contribution in [3.05, 3.63) is 252 Å². The van der Waals surface area contributed by atoms with Gasteiger partial charge in [-0.1, -0.05) is 171 Å². The zero-order chi connectivity index (χ0) is 46.9. The monoisotopic (exact) mass is 898 g/mol. The molecule has 0 unspecified atom stereocenters. The minimum Gasteiger partial charge on any atom is -0.311 e. The molecular formula is C68H54N2. The van der Waals surface area contributed by atoms with Crippen molar-refractivity contribution in [3.63, 3.8) is 0 Å². The molecule has 0 N–H and O–H groups in total. The van der Waals surface area contributed by atoms with Gasteiger partial charge in [0.05, 0.1) is 0 Å². The van der Waals surface area contributed by atoms with Crippen LogP contribution in [0.25, 0.3) is 71.8 Å². The Kier molecular flexibility index (Phi) is 10.1. The van der Waals surface area contributed by atoms with Crippen LogP contribution in [0.5, 0.6) is 0 Å². The second kappa shape index (κ2) is 16.8. The molecule has 0 spiro atoms. The van der Waals surface area contributed by atoms with E-state index in [0.29, 0.717) is 0 Å². The molecule has 0 aliphatic heterocycles. The molecule has 0 saturated heterocycles. The molecule has 13 rings (SSSR count). The molecule has 3 aliphatic carbocycles. The summed E-state index contributed by atoms with van der Waals surface area (Å²) in [5.74, 6) is 0. The molecule has 0 heterocycles. The fourth-order valence-electron chi connectivity index (χ4n) is 11.8. The number of para-hydroxylation sites is 1. The predicted molar refractivity (Wildman–Crippen MR) is 299 cm³/mol. The number of anilines is 5. The number of allylic oxidation sites excluding steroid dienone is 4. The average molecular weight is 899 g/mol. The molecule has 2 nitrogen and oxygen atoms in total. The standard InChI is InChI=1S/C68H54N2/c1-45-26-28-48(29-27-45)66-60-38-35-57(70(53-22-8-5-9-23-53)55-34-31-47-17-11-13-19-50(47)41-55)44-63(60)67(51-32-37-59-58-24-14-15-25-64(58)68(2,3)65(59)42-51)61-39-36-56(43-62(61)66)69(52-20-6-4-7-21-52)54-33-30-46-16-10-12-18-49(46)40-54/h4,6-8,10-12,14-18,20-44H,5,9,13,19H2,1-3H3. The number of benzene rings is 10. The average Bonchev–Trinajstić information content (AvgIpc) is 3.64. The van der Waals surface area contributed by atoms with Gasteiger partial charge in [0, 0.05) is 39.5 Å². The first-order chi connectivity index (χ1) is 34.4. The maximum absolute atomic E-state index is 2.52. The quantitative estimate of drug-likeness (QED) is 0.140. The fraction of sp³-hybridized carbons (Fsp3) is 0.118.